The van der Waals surface area contributed by atoms with Gasteiger partial charge in [0.2, 0.25) is 0 Å². The molecule has 35 heavy (non-hydrogen) atoms. The molecule has 1 aromatic rings. The average Bonchev–Trinajstić information content (AvgIpc) is 2.77. The van der Waals surface area contributed by atoms with Crippen LogP contribution in [0.2, 0.25) is 0 Å². The number of carboxylic acids is 2. The van der Waals surface area contributed by atoms with Crippen LogP contribution in [-0.2, 0) is 18.7 Å². The van der Waals surface area contributed by atoms with E-state index in [1.807, 2.05) is 4.90 Å². The van der Waals surface area contributed by atoms with Crippen LogP contribution in [0.5, 0.6) is 0 Å². The number of nitrogens with zero attached hydrogens (tertiary/aromatic N) is 4. The first-order chi connectivity index (χ1) is 16.6. The zero-order chi connectivity index (χ0) is 25.8. The fourth-order valence-electron chi connectivity index (χ4n) is 3.89. The van der Waals surface area contributed by atoms with Crippen LogP contribution in [-0.4, -0.2) is 130 Å². The van der Waals surface area contributed by atoms with Crippen molar-refractivity contribution in [2.24, 2.45) is 0 Å². The Morgan fingerprint density at radius 3 is 1.80 bits per heavy atom. The van der Waals surface area contributed by atoms with Gasteiger partial charge in [0.05, 0.1) is 19.2 Å². The smallest absolute Gasteiger partial charge is 0.317 e. The number of nitrogen functional groups attached to an aromatic ring is 1. The highest BCUT2D eigenvalue weighted by molar-refractivity contribution is 7.32. The Morgan fingerprint density at radius 2 is 1.34 bits per heavy atom. The van der Waals surface area contributed by atoms with Gasteiger partial charge in [-0.15, -0.1) is 0 Å². The highest BCUT2D eigenvalue weighted by Crippen LogP contribution is 2.21. The van der Waals surface area contributed by atoms with Gasteiger partial charge in [-0.2, -0.15) is 0 Å². The molecule has 1 heterocycles. The van der Waals surface area contributed by atoms with E-state index in [4.69, 9.17) is 15.2 Å². The fraction of sp³-hybridized carbons (Fsp3) is 0.619. The minimum absolute atomic E-state index is 0.118. The largest absolute Gasteiger partial charge is 0.480 e. The molecule has 14 heteroatoms. The van der Waals surface area contributed by atoms with E-state index in [1.165, 1.54) is 0 Å². The lowest BCUT2D eigenvalue weighted by Gasteiger charge is -2.34. The van der Waals surface area contributed by atoms with Crippen LogP contribution < -0.4 is 5.73 Å². The van der Waals surface area contributed by atoms with Gasteiger partial charge in [-0.05, 0) is 6.07 Å². The fourth-order valence-corrected chi connectivity index (χ4v) is 4.19. The zero-order valence-corrected chi connectivity index (χ0v) is 20.7. The summed E-state index contributed by atoms with van der Waals surface area (Å²) in [7, 11) is -3.14. The zero-order valence-electron chi connectivity index (χ0n) is 19.7. The van der Waals surface area contributed by atoms with E-state index in [2.05, 4.69) is 0 Å². The molecule has 1 saturated heterocycles. The Morgan fingerprint density at radius 1 is 0.886 bits per heavy atom. The highest BCUT2D eigenvalue weighted by atomic mass is 31.1. The van der Waals surface area contributed by atoms with Gasteiger partial charge in [0.25, 0.3) is 0 Å². The van der Waals surface area contributed by atoms with Crippen LogP contribution in [0.1, 0.15) is 11.7 Å². The maximum atomic E-state index is 11.4. The van der Waals surface area contributed by atoms with Crippen LogP contribution >= 0.6 is 8.25 Å². The monoisotopic (exact) mass is 517 g/mol. The molecule has 0 aliphatic carbocycles. The van der Waals surface area contributed by atoms with Gasteiger partial charge in [0.1, 0.15) is 6.73 Å². The molecule has 13 nitrogen and oxygen atoms in total. The van der Waals surface area contributed by atoms with Crippen LogP contribution in [0, 0.1) is 0 Å². The third kappa shape index (κ3) is 11.5. The average molecular weight is 518 g/mol. The second kappa shape index (κ2) is 15.1. The molecule has 198 valence electrons. The Hall–Kier alpha value is -2.09. The van der Waals surface area contributed by atoms with E-state index in [1.54, 1.807) is 39.0 Å². The van der Waals surface area contributed by atoms with E-state index in [0.717, 1.165) is 0 Å². The van der Waals surface area contributed by atoms with E-state index in [0.29, 0.717) is 63.6 Å². The normalized spacial score (nSPS) is 19.9. The number of aliphatic hydroxyl groups excluding tert-OH is 1. The number of benzene rings is 1. The third-order valence-corrected chi connectivity index (χ3v) is 6.18. The summed E-state index contributed by atoms with van der Waals surface area (Å²) in [5.74, 6) is -1.95. The number of aliphatic carboxylic acids is 2. The first-order valence-electron chi connectivity index (χ1n) is 11.3. The Labute approximate surface area is 205 Å². The number of hydrogen-bond acceptors (Lipinski definition) is 10. The molecule has 1 aliphatic heterocycles. The Kier molecular flexibility index (Phi) is 12.6. The molecule has 0 radical (unpaired) electrons. The van der Waals surface area contributed by atoms with E-state index >= 15 is 0 Å². The van der Waals surface area contributed by atoms with Crippen molar-refractivity contribution in [3.05, 3.63) is 29.8 Å². The second-order valence-corrected chi connectivity index (χ2v) is 9.26. The van der Waals surface area contributed by atoms with Crippen LogP contribution in [0.25, 0.3) is 0 Å². The molecule has 0 bridgehead atoms. The van der Waals surface area contributed by atoms with Crippen molar-refractivity contribution < 1.29 is 38.9 Å². The number of rotatable bonds is 10. The molecule has 6 N–H and O–H groups in total. The van der Waals surface area contributed by atoms with Crippen molar-refractivity contribution in [3.63, 3.8) is 0 Å². The molecule has 2 unspecified atom stereocenters. The number of nitrogens with two attached hydrogens (primary N) is 1. The number of carbonyl (C=O) groups is 2. The van der Waals surface area contributed by atoms with Crippen molar-refractivity contribution in [2.75, 3.05) is 84.5 Å². The molecule has 1 aliphatic rings. The molecule has 1 fully saturated rings. The summed E-state index contributed by atoms with van der Waals surface area (Å²) in [6.07, 6.45) is -0.862. The molecular weight excluding hydrogens is 481 g/mol. The van der Waals surface area contributed by atoms with Gasteiger partial charge in [0.15, 0.2) is 0 Å². The van der Waals surface area contributed by atoms with Crippen LogP contribution in [0.4, 0.5) is 5.69 Å². The van der Waals surface area contributed by atoms with E-state index < -0.39 is 26.3 Å². The molecule has 2 rings (SSSR count). The summed E-state index contributed by atoms with van der Waals surface area (Å²) in [6.45, 7) is 2.91. The molecule has 0 amide bonds. The van der Waals surface area contributed by atoms with Crippen molar-refractivity contribution >= 4 is 25.9 Å². The summed E-state index contributed by atoms with van der Waals surface area (Å²) >= 11 is 0. The first-order valence-corrected chi connectivity index (χ1v) is 12.6. The summed E-state index contributed by atoms with van der Waals surface area (Å²) < 4.78 is 15.9. The number of aliphatic hydroxyl groups is 1. The maximum absolute atomic E-state index is 11.4. The Balaban J connectivity index is 2.16. The number of para-hydroxylation sites is 1. The van der Waals surface area contributed by atoms with Crippen LogP contribution in [0.3, 0.4) is 0 Å². The Bertz CT molecular complexity index is 816. The number of hydrogen-bond donors (Lipinski definition) is 5. The topological polar surface area (TPSA) is 180 Å². The molecule has 0 spiro atoms. The maximum Gasteiger partial charge on any atom is 0.317 e. The summed E-state index contributed by atoms with van der Waals surface area (Å²) in [6, 6.07) is 7.03. The van der Waals surface area contributed by atoms with E-state index in [-0.39, 0.29) is 26.4 Å². The van der Waals surface area contributed by atoms with Crippen molar-refractivity contribution in [1.82, 2.24) is 19.6 Å². The van der Waals surface area contributed by atoms with Crippen molar-refractivity contribution in [2.45, 2.75) is 6.10 Å². The lowest BCUT2D eigenvalue weighted by Crippen LogP contribution is -2.48. The predicted molar refractivity (Wildman–Crippen MR) is 129 cm³/mol. The third-order valence-electron chi connectivity index (χ3n) is 5.80. The van der Waals surface area contributed by atoms with Gasteiger partial charge in [-0.1, -0.05) is 18.2 Å². The van der Waals surface area contributed by atoms with Gasteiger partial charge in [0, 0.05) is 70.2 Å². The predicted octanol–water partition coefficient (Wildman–Crippen LogP) is -0.951. The number of β-amino-alcohol motifs (C(OH)–C–C–N with tert-alkyl or cyclic N) is 1. The molecular formula is C21H36N5O8P. The van der Waals surface area contributed by atoms with Gasteiger partial charge >= 0.3 is 20.2 Å². The minimum Gasteiger partial charge on any atom is -0.480 e. The SMILES string of the molecule is Nc1ccccc1C(O)CN1CCN(CC(=O)O)CCN(CO[PH](=O)O)CCN(CC(=O)O)CC1. The van der Waals surface area contributed by atoms with Crippen molar-refractivity contribution in [1.29, 1.82) is 0 Å². The minimum atomic E-state index is -3.14. The van der Waals surface area contributed by atoms with Crippen molar-refractivity contribution in [3.8, 4) is 0 Å². The van der Waals surface area contributed by atoms with Gasteiger partial charge < -0.3 is 25.9 Å². The second-order valence-electron chi connectivity index (χ2n) is 8.44. The van der Waals surface area contributed by atoms with Gasteiger partial charge in [-0.3, -0.25) is 38.3 Å². The number of anilines is 1. The highest BCUT2D eigenvalue weighted by Gasteiger charge is 2.21. The summed E-state index contributed by atoms with van der Waals surface area (Å²) in [4.78, 5) is 39.0. The summed E-state index contributed by atoms with van der Waals surface area (Å²) in [5, 5.41) is 29.5. The number of carboxylic acid groups (broad SMARTS) is 2. The molecule has 0 aromatic heterocycles. The molecule has 2 atom stereocenters. The lowest BCUT2D eigenvalue weighted by atomic mass is 10.1. The van der Waals surface area contributed by atoms with E-state index in [9.17, 15) is 29.5 Å². The van der Waals surface area contributed by atoms with Gasteiger partial charge in [-0.25, -0.2) is 0 Å². The first kappa shape index (κ1) is 29.1. The lowest BCUT2D eigenvalue weighted by molar-refractivity contribution is -0.139. The van der Waals surface area contributed by atoms with Crippen LogP contribution in [0.15, 0.2) is 24.3 Å². The summed E-state index contributed by atoms with van der Waals surface area (Å²) in [5.41, 5.74) is 7.08. The molecule has 0 saturated carbocycles. The molecule has 1 aromatic carbocycles. The standard InChI is InChI=1S/C21H36N5O8P/c22-18-4-2-1-3-17(18)19(27)13-23-5-7-24(14-20(28)29)9-11-26(16-34-35(32)33)12-10-25(8-6-23)15-21(30)31/h1-4,19,27,35H,5-16,22H2,(H,28,29)(H,30,31)(H,32,33). The quantitative estimate of drug-likeness (QED) is 0.189.